The molecule has 0 aromatic rings. The van der Waals surface area contributed by atoms with Crippen LogP contribution in [0.4, 0.5) is 0 Å². The Balaban J connectivity index is 2.94. The molecule has 0 nitrogen and oxygen atoms in total. The number of rotatable bonds is 3. The Bertz CT molecular complexity index is 233. The molecule has 1 aliphatic rings. The maximum absolute atomic E-state index is 2.49. The Hall–Kier alpha value is 0.168. The minimum atomic E-state index is 1.21. The summed E-state index contributed by atoms with van der Waals surface area (Å²) in [4.78, 5) is 0. The van der Waals surface area contributed by atoms with Gasteiger partial charge in [-0.05, 0) is 0 Å². The third-order valence-corrected chi connectivity index (χ3v) is 3.68. The molecule has 0 spiro atoms. The number of allylic oxidation sites excluding steroid dienone is 4. The predicted molar refractivity (Wildman–Crippen MR) is 49.5 cm³/mol. The molecule has 0 atom stereocenters. The molecule has 1 aliphatic carbocycles. The van der Waals surface area contributed by atoms with Crippen molar-refractivity contribution in [1.82, 2.24) is 0 Å². The summed E-state index contributed by atoms with van der Waals surface area (Å²) in [5.41, 5.74) is 4.97. The van der Waals surface area contributed by atoms with Gasteiger partial charge in [0.2, 0.25) is 0 Å². The van der Waals surface area contributed by atoms with Crippen LogP contribution in [0, 0.1) is 0 Å². The summed E-state index contributed by atoms with van der Waals surface area (Å²) >= 11 is 2.49. The average molecular weight is 344 g/mol. The van der Waals surface area contributed by atoms with Crippen LogP contribution in [-0.4, -0.2) is 0 Å². The van der Waals surface area contributed by atoms with Gasteiger partial charge in [0.1, 0.15) is 0 Å². The van der Waals surface area contributed by atoms with E-state index >= 15 is 0 Å². The summed E-state index contributed by atoms with van der Waals surface area (Å²) in [6.45, 7) is 6.81. The quantitative estimate of drug-likeness (QED) is 0.732. The molecule has 0 N–H and O–H groups in total. The molecule has 0 radical (unpaired) electrons. The van der Waals surface area contributed by atoms with Gasteiger partial charge in [-0.3, -0.25) is 0 Å². The van der Waals surface area contributed by atoms with Gasteiger partial charge in [-0.1, -0.05) is 0 Å². The SMILES string of the molecule is CCC1=C(CC)C(CC)=[C]([Pt])C1. The molecule has 1 heteroatoms. The minimum absolute atomic E-state index is 1.21. The second-order valence-electron chi connectivity index (χ2n) is 3.17. The fourth-order valence-corrected chi connectivity index (χ4v) is 3.18. The third-order valence-electron chi connectivity index (χ3n) is 2.59. The van der Waals surface area contributed by atoms with Gasteiger partial charge in [-0.25, -0.2) is 0 Å². The van der Waals surface area contributed by atoms with Crippen molar-refractivity contribution in [3.63, 3.8) is 0 Å². The molecular weight excluding hydrogens is 327 g/mol. The first kappa shape index (κ1) is 10.3. The van der Waals surface area contributed by atoms with Crippen molar-refractivity contribution in [3.05, 3.63) is 20.7 Å². The molecule has 0 bridgehead atoms. The van der Waals surface area contributed by atoms with Gasteiger partial charge in [0.15, 0.2) is 0 Å². The van der Waals surface area contributed by atoms with Gasteiger partial charge in [-0.15, -0.1) is 0 Å². The van der Waals surface area contributed by atoms with Crippen molar-refractivity contribution in [2.24, 2.45) is 0 Å². The van der Waals surface area contributed by atoms with Gasteiger partial charge in [0.25, 0.3) is 0 Å². The topological polar surface area (TPSA) is 0 Å². The van der Waals surface area contributed by atoms with Crippen LogP contribution in [0.5, 0.6) is 0 Å². The van der Waals surface area contributed by atoms with E-state index in [2.05, 4.69) is 40.6 Å². The zero-order valence-corrected chi connectivity index (χ0v) is 10.4. The van der Waals surface area contributed by atoms with Crippen LogP contribution in [-0.2, 0) is 19.8 Å². The zero-order valence-electron chi connectivity index (χ0n) is 8.14. The van der Waals surface area contributed by atoms with Crippen LogP contribution in [0.25, 0.3) is 0 Å². The van der Waals surface area contributed by atoms with Crippen molar-refractivity contribution >= 4 is 0 Å². The van der Waals surface area contributed by atoms with E-state index in [9.17, 15) is 0 Å². The van der Waals surface area contributed by atoms with E-state index in [1.54, 1.807) is 20.7 Å². The summed E-state index contributed by atoms with van der Waals surface area (Å²) < 4.78 is 1.59. The second-order valence-corrected chi connectivity index (χ2v) is 4.54. The number of hydrogen-bond acceptors (Lipinski definition) is 0. The Morgan fingerprint density at radius 2 is 1.58 bits per heavy atom. The van der Waals surface area contributed by atoms with E-state index in [-0.39, 0.29) is 0 Å². The van der Waals surface area contributed by atoms with E-state index in [4.69, 9.17) is 0 Å². The Morgan fingerprint density at radius 1 is 1.00 bits per heavy atom. The summed E-state index contributed by atoms with van der Waals surface area (Å²) in [6.07, 6.45) is 4.91. The fraction of sp³-hybridized carbons (Fsp3) is 0.636. The van der Waals surface area contributed by atoms with Crippen LogP contribution in [0.15, 0.2) is 20.7 Å². The molecule has 0 saturated heterocycles. The van der Waals surface area contributed by atoms with Crippen molar-refractivity contribution in [3.8, 4) is 0 Å². The molecule has 0 fully saturated rings. The van der Waals surface area contributed by atoms with Gasteiger partial charge >= 0.3 is 87.0 Å². The van der Waals surface area contributed by atoms with Crippen LogP contribution in [0.2, 0.25) is 0 Å². The molecule has 0 aliphatic heterocycles. The Morgan fingerprint density at radius 3 is 2.00 bits per heavy atom. The van der Waals surface area contributed by atoms with Gasteiger partial charge < -0.3 is 0 Å². The summed E-state index contributed by atoms with van der Waals surface area (Å²) in [5, 5.41) is 0. The van der Waals surface area contributed by atoms with Crippen LogP contribution < -0.4 is 0 Å². The predicted octanol–water partition coefficient (Wildman–Crippen LogP) is 3.72. The molecule has 0 saturated carbocycles. The second kappa shape index (κ2) is 4.42. The first-order chi connectivity index (χ1) is 5.74. The van der Waals surface area contributed by atoms with E-state index in [1.165, 1.54) is 25.7 Å². The van der Waals surface area contributed by atoms with Gasteiger partial charge in [0.05, 0.1) is 0 Å². The molecule has 71 valence electrons. The van der Waals surface area contributed by atoms with Crippen LogP contribution >= 0.6 is 0 Å². The summed E-state index contributed by atoms with van der Waals surface area (Å²) in [5.74, 6) is 0. The summed E-state index contributed by atoms with van der Waals surface area (Å²) in [6, 6.07) is 0. The van der Waals surface area contributed by atoms with Crippen molar-refractivity contribution in [1.29, 1.82) is 0 Å². The van der Waals surface area contributed by atoms with Gasteiger partial charge in [-0.2, -0.15) is 0 Å². The molecule has 0 aromatic carbocycles. The van der Waals surface area contributed by atoms with Crippen LogP contribution in [0.1, 0.15) is 46.5 Å². The standard InChI is InChI=1S/C11H17.Pt/c1-4-9-7-8-10(5-2)11(9)6-3;/h4-7H2,1-3H3;. The van der Waals surface area contributed by atoms with E-state index < -0.39 is 0 Å². The molecule has 0 amide bonds. The first-order valence-corrected chi connectivity index (χ1v) is 5.93. The van der Waals surface area contributed by atoms with Crippen molar-refractivity contribution in [2.75, 3.05) is 0 Å². The van der Waals surface area contributed by atoms with Crippen LogP contribution in [0.3, 0.4) is 0 Å². The van der Waals surface area contributed by atoms with E-state index in [0.717, 1.165) is 0 Å². The maximum atomic E-state index is 2.49. The summed E-state index contributed by atoms with van der Waals surface area (Å²) in [7, 11) is 0. The molecule has 0 heterocycles. The molecule has 1 rings (SSSR count). The zero-order chi connectivity index (χ0) is 9.14. The monoisotopic (exact) mass is 344 g/mol. The Labute approximate surface area is 87.0 Å². The van der Waals surface area contributed by atoms with Crippen molar-refractivity contribution < 1.29 is 19.8 Å². The normalized spacial score (nSPS) is 18.1. The molecule has 0 unspecified atom stereocenters. The molecule has 0 aromatic heterocycles. The average Bonchev–Trinajstić information content (AvgIpc) is 2.40. The van der Waals surface area contributed by atoms with E-state index in [1.807, 2.05) is 0 Å². The Kier molecular flexibility index (Phi) is 3.77. The fourth-order valence-electron chi connectivity index (χ4n) is 1.95. The number of hydrogen-bond donors (Lipinski definition) is 0. The van der Waals surface area contributed by atoms with E-state index in [0.29, 0.717) is 0 Å². The van der Waals surface area contributed by atoms with Gasteiger partial charge in [0, 0.05) is 0 Å². The van der Waals surface area contributed by atoms with Crippen molar-refractivity contribution in [2.45, 2.75) is 46.5 Å². The first-order valence-electron chi connectivity index (χ1n) is 4.80. The molecule has 12 heavy (non-hydrogen) atoms. The third kappa shape index (κ3) is 1.74. The molecular formula is C11H17Pt.